The van der Waals surface area contributed by atoms with Gasteiger partial charge in [-0.3, -0.25) is 9.88 Å². The minimum atomic E-state index is -4.38. The van der Waals surface area contributed by atoms with E-state index >= 15 is 0 Å². The summed E-state index contributed by atoms with van der Waals surface area (Å²) in [6, 6.07) is 20.4. The largest absolute Gasteiger partial charge is 0.416 e. The second-order valence-electron chi connectivity index (χ2n) is 12.4. The summed E-state index contributed by atoms with van der Waals surface area (Å²) in [4.78, 5) is 23.5. The van der Waals surface area contributed by atoms with Crippen LogP contribution in [0.1, 0.15) is 43.7 Å². The van der Waals surface area contributed by atoms with Crippen LogP contribution in [-0.4, -0.2) is 76.6 Å². The molecule has 1 atom stereocenters. The van der Waals surface area contributed by atoms with E-state index in [1.165, 1.54) is 25.0 Å². The van der Waals surface area contributed by atoms with Crippen molar-refractivity contribution in [2.75, 3.05) is 49.6 Å². The number of piperidine rings is 2. The normalized spacial score (nSPS) is 18.4. The van der Waals surface area contributed by atoms with Gasteiger partial charge in [0.2, 0.25) is 5.95 Å². The number of benzene rings is 2. The second kappa shape index (κ2) is 14.2. The number of anilines is 3. The van der Waals surface area contributed by atoms with E-state index < -0.39 is 11.7 Å². The molecule has 10 heteroatoms. The molecule has 2 aromatic heterocycles. The fourth-order valence-electron chi connectivity index (χ4n) is 6.79. The van der Waals surface area contributed by atoms with Crippen LogP contribution in [0.3, 0.4) is 0 Å². The fraction of sp³-hybridized carbons (Fsp3) is 0.417. The number of hydrogen-bond acceptors (Lipinski definition) is 7. The maximum atomic E-state index is 13.2. The molecular formula is C36H42F3N7. The van der Waals surface area contributed by atoms with Gasteiger partial charge in [0.1, 0.15) is 0 Å². The minimum Gasteiger partial charge on any atom is -0.342 e. The zero-order chi connectivity index (χ0) is 32.1. The predicted octanol–water partition coefficient (Wildman–Crippen LogP) is 7.28. The van der Waals surface area contributed by atoms with Crippen molar-refractivity contribution < 1.29 is 13.2 Å². The van der Waals surface area contributed by atoms with Crippen LogP contribution in [0, 0.1) is 0 Å². The van der Waals surface area contributed by atoms with Gasteiger partial charge >= 0.3 is 6.18 Å². The van der Waals surface area contributed by atoms with Crippen molar-refractivity contribution in [3.63, 3.8) is 0 Å². The Balaban J connectivity index is 1.28. The molecule has 0 N–H and O–H groups in total. The Labute approximate surface area is 269 Å². The van der Waals surface area contributed by atoms with Gasteiger partial charge in [-0.1, -0.05) is 24.3 Å². The third kappa shape index (κ3) is 7.50. The fourth-order valence-corrected chi connectivity index (χ4v) is 6.79. The highest BCUT2D eigenvalue weighted by atomic mass is 19.4. The lowest BCUT2D eigenvalue weighted by atomic mass is 9.97. The lowest BCUT2D eigenvalue weighted by Crippen LogP contribution is -2.53. The second-order valence-corrected chi connectivity index (χ2v) is 12.4. The molecule has 0 radical (unpaired) electrons. The molecule has 2 aromatic carbocycles. The number of hydrogen-bond donors (Lipinski definition) is 0. The van der Waals surface area contributed by atoms with E-state index in [1.54, 1.807) is 12.3 Å². The maximum absolute atomic E-state index is 13.2. The van der Waals surface area contributed by atoms with E-state index in [2.05, 4.69) is 62.8 Å². The first-order chi connectivity index (χ1) is 22.3. The van der Waals surface area contributed by atoms with Gasteiger partial charge in [0.05, 0.1) is 11.3 Å². The predicted molar refractivity (Wildman–Crippen MR) is 177 cm³/mol. The van der Waals surface area contributed by atoms with Gasteiger partial charge in [0.15, 0.2) is 0 Å². The Morgan fingerprint density at radius 1 is 0.826 bits per heavy atom. The number of alkyl halides is 3. The molecule has 4 aromatic rings. The van der Waals surface area contributed by atoms with Crippen LogP contribution in [0.2, 0.25) is 0 Å². The van der Waals surface area contributed by atoms with E-state index in [1.807, 2.05) is 24.5 Å². The van der Waals surface area contributed by atoms with Gasteiger partial charge in [-0.05, 0) is 107 Å². The van der Waals surface area contributed by atoms with Crippen molar-refractivity contribution in [3.8, 4) is 11.3 Å². The monoisotopic (exact) mass is 629 g/mol. The molecule has 242 valence electrons. The molecular weight excluding hydrogens is 587 g/mol. The van der Waals surface area contributed by atoms with Crippen LogP contribution in [0.4, 0.5) is 30.5 Å². The van der Waals surface area contributed by atoms with Crippen molar-refractivity contribution in [2.24, 2.45) is 0 Å². The van der Waals surface area contributed by atoms with Crippen molar-refractivity contribution in [1.29, 1.82) is 0 Å². The Morgan fingerprint density at radius 3 is 2.20 bits per heavy atom. The zero-order valence-corrected chi connectivity index (χ0v) is 26.6. The van der Waals surface area contributed by atoms with Gasteiger partial charge in [-0.2, -0.15) is 13.2 Å². The molecule has 0 saturated carbocycles. The molecule has 0 aliphatic carbocycles. The topological polar surface area (TPSA) is 51.6 Å². The van der Waals surface area contributed by atoms with Gasteiger partial charge in [0.25, 0.3) is 0 Å². The third-order valence-electron chi connectivity index (χ3n) is 9.37. The highest BCUT2D eigenvalue weighted by Crippen LogP contribution is 2.32. The first-order valence-corrected chi connectivity index (χ1v) is 16.2. The molecule has 0 amide bonds. The van der Waals surface area contributed by atoms with Gasteiger partial charge in [-0.25, -0.2) is 9.97 Å². The standard InChI is InChI=1S/C36H42F3N7/c1-3-45(32-14-19-40-20-15-32)31-12-6-27(7-13-31)25-46(33-5-4-22-44(26-33)30-17-23-43(2)24-18-30)35-41-21-16-34(42-35)28-8-10-29(11-9-28)36(37,38)39/h6-16,19-21,30,33H,3-5,17-18,22-26H2,1-2H3/t33-/m0/s1. The first kappa shape index (κ1) is 31.9. The van der Waals surface area contributed by atoms with Crippen LogP contribution in [0.25, 0.3) is 11.3 Å². The Hall–Kier alpha value is -4.02. The average Bonchev–Trinajstić information content (AvgIpc) is 3.09. The smallest absolute Gasteiger partial charge is 0.342 e. The lowest BCUT2D eigenvalue weighted by Gasteiger charge is -2.44. The van der Waals surface area contributed by atoms with Crippen molar-refractivity contribution >= 4 is 17.3 Å². The van der Waals surface area contributed by atoms with Crippen LogP contribution in [-0.2, 0) is 12.7 Å². The molecule has 6 rings (SSSR count). The summed E-state index contributed by atoms with van der Waals surface area (Å²) in [5, 5.41) is 0. The van der Waals surface area contributed by atoms with Gasteiger partial charge in [-0.15, -0.1) is 0 Å². The highest BCUT2D eigenvalue weighted by Gasteiger charge is 2.33. The van der Waals surface area contributed by atoms with E-state index in [4.69, 9.17) is 9.97 Å². The molecule has 7 nitrogen and oxygen atoms in total. The lowest BCUT2D eigenvalue weighted by molar-refractivity contribution is -0.137. The summed E-state index contributed by atoms with van der Waals surface area (Å²) < 4.78 is 39.7. The summed E-state index contributed by atoms with van der Waals surface area (Å²) in [5.74, 6) is 0.601. The molecule has 0 unspecified atom stereocenters. The zero-order valence-electron chi connectivity index (χ0n) is 26.6. The molecule has 46 heavy (non-hydrogen) atoms. The van der Waals surface area contributed by atoms with Crippen molar-refractivity contribution in [1.82, 2.24) is 24.8 Å². The van der Waals surface area contributed by atoms with Gasteiger partial charge in [0, 0.05) is 67.2 Å². The Morgan fingerprint density at radius 2 is 1.52 bits per heavy atom. The molecule has 4 heterocycles. The molecule has 0 spiro atoms. The summed E-state index contributed by atoms with van der Waals surface area (Å²) in [7, 11) is 2.19. The van der Waals surface area contributed by atoms with E-state index in [0.717, 1.165) is 74.6 Å². The van der Waals surface area contributed by atoms with E-state index in [-0.39, 0.29) is 6.04 Å². The maximum Gasteiger partial charge on any atom is 0.416 e. The highest BCUT2D eigenvalue weighted by molar-refractivity contribution is 5.63. The number of halogens is 3. The molecule has 2 aliphatic rings. The first-order valence-electron chi connectivity index (χ1n) is 16.2. The summed E-state index contributed by atoms with van der Waals surface area (Å²) in [5.41, 5.74) is 3.92. The number of aromatic nitrogens is 3. The van der Waals surface area contributed by atoms with Crippen LogP contribution in [0.15, 0.2) is 85.3 Å². The Bertz CT molecular complexity index is 1540. The molecule has 2 fully saturated rings. The third-order valence-corrected chi connectivity index (χ3v) is 9.37. The summed E-state index contributed by atoms with van der Waals surface area (Å²) in [6.07, 6.45) is 5.44. The number of rotatable bonds is 9. The summed E-state index contributed by atoms with van der Waals surface area (Å²) in [6.45, 7) is 7.87. The number of pyridine rings is 1. The van der Waals surface area contributed by atoms with E-state index in [9.17, 15) is 13.2 Å². The molecule has 2 aliphatic heterocycles. The average molecular weight is 630 g/mol. The van der Waals surface area contributed by atoms with Crippen LogP contribution >= 0.6 is 0 Å². The number of nitrogens with zero attached hydrogens (tertiary/aromatic N) is 7. The van der Waals surface area contributed by atoms with E-state index in [0.29, 0.717) is 29.8 Å². The van der Waals surface area contributed by atoms with Crippen molar-refractivity contribution in [2.45, 2.75) is 57.4 Å². The molecule has 2 saturated heterocycles. The number of likely N-dealkylation sites (tertiary alicyclic amines) is 2. The van der Waals surface area contributed by atoms with Crippen LogP contribution < -0.4 is 9.80 Å². The van der Waals surface area contributed by atoms with Gasteiger partial charge < -0.3 is 14.7 Å². The molecule has 0 bridgehead atoms. The SMILES string of the molecule is CCN(c1ccncc1)c1ccc(CN(c2nccc(-c3ccc(C(F)(F)F)cc3)n2)[C@H]2CCCN(C3CCN(C)CC3)C2)cc1. The Kier molecular flexibility index (Phi) is 9.84. The summed E-state index contributed by atoms with van der Waals surface area (Å²) >= 11 is 0. The van der Waals surface area contributed by atoms with Crippen LogP contribution in [0.5, 0.6) is 0 Å². The van der Waals surface area contributed by atoms with Crippen molar-refractivity contribution in [3.05, 3.63) is 96.4 Å². The minimum absolute atomic E-state index is 0.208. The quantitative estimate of drug-likeness (QED) is 0.193.